The molecule has 2 unspecified atom stereocenters. The van der Waals surface area contributed by atoms with Gasteiger partial charge in [0.25, 0.3) is 11.8 Å². The first-order valence-electron chi connectivity index (χ1n) is 14.3. The van der Waals surface area contributed by atoms with Crippen LogP contribution in [0, 0.1) is 5.92 Å². The Morgan fingerprint density at radius 2 is 1.65 bits per heavy atom. The van der Waals surface area contributed by atoms with Crippen LogP contribution in [0.5, 0.6) is 11.5 Å². The van der Waals surface area contributed by atoms with E-state index in [1.54, 1.807) is 0 Å². The molecule has 3 aromatic carbocycles. The van der Waals surface area contributed by atoms with Crippen LogP contribution >= 0.6 is 0 Å². The molecule has 7 heteroatoms. The lowest BCUT2D eigenvalue weighted by molar-refractivity contribution is -0.149. The van der Waals surface area contributed by atoms with Crippen molar-refractivity contribution in [1.82, 2.24) is 9.80 Å². The minimum Gasteiger partial charge on any atom is -0.490 e. The zero-order valence-corrected chi connectivity index (χ0v) is 23.6. The molecule has 0 saturated carbocycles. The van der Waals surface area contributed by atoms with Gasteiger partial charge in [0.2, 0.25) is 0 Å². The Hall–Kier alpha value is -3.84. The standard InChI is InChI=1S/C33H39N3O4/c1-4-39-28-17-11-16-27-29(32(37)34-25-14-9-6-10-15-25)36(33(38)30(23(2)3)40-31(27)28)26-18-20-35(21-19-26)22-24-12-7-5-8-13-24/h5-17,23,26,29-30H,4,18-22H2,1-3H3,(H,34,37). The van der Waals surface area contributed by atoms with Gasteiger partial charge in [-0.25, -0.2) is 0 Å². The lowest BCUT2D eigenvalue weighted by atomic mass is 9.95. The summed E-state index contributed by atoms with van der Waals surface area (Å²) in [6.07, 6.45) is 0.829. The Morgan fingerprint density at radius 3 is 2.30 bits per heavy atom. The van der Waals surface area contributed by atoms with Gasteiger partial charge in [0.1, 0.15) is 6.04 Å². The number of ether oxygens (including phenoxy) is 2. The molecular weight excluding hydrogens is 502 g/mol. The number of nitrogens with one attached hydrogen (secondary N) is 1. The maximum absolute atomic E-state index is 14.3. The van der Waals surface area contributed by atoms with Gasteiger partial charge in [-0.1, -0.05) is 74.5 Å². The van der Waals surface area contributed by atoms with Gasteiger partial charge in [0.15, 0.2) is 17.6 Å². The van der Waals surface area contributed by atoms with Crippen molar-refractivity contribution in [3.05, 3.63) is 90.0 Å². The highest BCUT2D eigenvalue weighted by Gasteiger charge is 2.46. The number of benzene rings is 3. The van der Waals surface area contributed by atoms with Gasteiger partial charge in [-0.05, 0) is 49.4 Å². The smallest absolute Gasteiger partial charge is 0.265 e. The first-order valence-corrected chi connectivity index (χ1v) is 14.3. The van der Waals surface area contributed by atoms with E-state index in [0.717, 1.165) is 32.5 Å². The number of para-hydroxylation sites is 2. The van der Waals surface area contributed by atoms with E-state index >= 15 is 0 Å². The first kappa shape index (κ1) is 27.7. The van der Waals surface area contributed by atoms with Gasteiger partial charge in [0, 0.05) is 36.9 Å². The summed E-state index contributed by atoms with van der Waals surface area (Å²) in [5.41, 5.74) is 2.62. The third kappa shape index (κ3) is 5.99. The van der Waals surface area contributed by atoms with Gasteiger partial charge < -0.3 is 19.7 Å². The van der Waals surface area contributed by atoms with E-state index in [1.165, 1.54) is 5.56 Å². The number of carbonyl (C=O) groups is 2. The number of hydrogen-bond donors (Lipinski definition) is 1. The monoisotopic (exact) mass is 541 g/mol. The second-order valence-corrected chi connectivity index (χ2v) is 10.9. The largest absolute Gasteiger partial charge is 0.490 e. The third-order valence-corrected chi connectivity index (χ3v) is 7.72. The van der Waals surface area contributed by atoms with E-state index in [0.29, 0.717) is 29.4 Å². The zero-order valence-electron chi connectivity index (χ0n) is 23.6. The van der Waals surface area contributed by atoms with E-state index in [1.807, 2.05) is 80.3 Å². The normalized spacial score (nSPS) is 20.0. The molecule has 0 radical (unpaired) electrons. The summed E-state index contributed by atoms with van der Waals surface area (Å²) < 4.78 is 12.4. The molecule has 1 N–H and O–H groups in total. The lowest BCUT2D eigenvalue weighted by Crippen LogP contribution is -2.54. The van der Waals surface area contributed by atoms with Crippen LogP contribution in [0.25, 0.3) is 0 Å². The fourth-order valence-electron chi connectivity index (χ4n) is 5.75. The maximum Gasteiger partial charge on any atom is 0.265 e. The molecule has 210 valence electrons. The molecule has 0 aromatic heterocycles. The second-order valence-electron chi connectivity index (χ2n) is 10.9. The van der Waals surface area contributed by atoms with Gasteiger partial charge in [-0.15, -0.1) is 0 Å². The molecule has 2 heterocycles. The maximum atomic E-state index is 14.3. The van der Waals surface area contributed by atoms with Crippen molar-refractivity contribution in [3.8, 4) is 11.5 Å². The summed E-state index contributed by atoms with van der Waals surface area (Å²) in [4.78, 5) is 32.7. The number of amides is 2. The van der Waals surface area contributed by atoms with Crippen molar-refractivity contribution in [2.24, 2.45) is 5.92 Å². The van der Waals surface area contributed by atoms with Crippen LogP contribution in [0.3, 0.4) is 0 Å². The molecule has 2 amide bonds. The van der Waals surface area contributed by atoms with Crippen molar-refractivity contribution < 1.29 is 19.1 Å². The van der Waals surface area contributed by atoms with Gasteiger partial charge >= 0.3 is 0 Å². The minimum absolute atomic E-state index is 0.0911. The van der Waals surface area contributed by atoms with Crippen molar-refractivity contribution in [3.63, 3.8) is 0 Å². The average molecular weight is 542 g/mol. The summed E-state index contributed by atoms with van der Waals surface area (Å²) in [5.74, 6) is 0.535. The molecule has 0 spiro atoms. The minimum atomic E-state index is -0.850. The molecule has 3 aromatic rings. The summed E-state index contributed by atoms with van der Waals surface area (Å²) in [7, 11) is 0. The van der Waals surface area contributed by atoms with E-state index in [-0.39, 0.29) is 23.8 Å². The quantitative estimate of drug-likeness (QED) is 0.398. The fourth-order valence-corrected chi connectivity index (χ4v) is 5.75. The second kappa shape index (κ2) is 12.6. The molecule has 2 atom stereocenters. The van der Waals surface area contributed by atoms with E-state index in [2.05, 4.69) is 34.5 Å². The number of carbonyl (C=O) groups excluding carboxylic acids is 2. The van der Waals surface area contributed by atoms with Crippen LogP contribution in [0.15, 0.2) is 78.9 Å². The molecule has 7 nitrogen and oxygen atoms in total. The molecule has 0 bridgehead atoms. The van der Waals surface area contributed by atoms with Crippen LogP contribution in [-0.4, -0.2) is 53.5 Å². The molecule has 0 aliphatic carbocycles. The molecule has 2 aliphatic rings. The summed E-state index contributed by atoms with van der Waals surface area (Å²) in [6, 6.07) is 24.5. The predicted molar refractivity (Wildman–Crippen MR) is 156 cm³/mol. The van der Waals surface area contributed by atoms with Crippen LogP contribution < -0.4 is 14.8 Å². The fraction of sp³-hybridized carbons (Fsp3) is 0.394. The van der Waals surface area contributed by atoms with Crippen molar-refractivity contribution in [2.45, 2.75) is 58.3 Å². The lowest BCUT2D eigenvalue weighted by Gasteiger charge is -2.42. The molecule has 1 fully saturated rings. The van der Waals surface area contributed by atoms with Crippen molar-refractivity contribution >= 4 is 17.5 Å². The number of nitrogens with zero attached hydrogens (tertiary/aromatic N) is 2. The number of hydrogen-bond acceptors (Lipinski definition) is 5. The highest BCUT2D eigenvalue weighted by Crippen LogP contribution is 2.44. The van der Waals surface area contributed by atoms with Crippen LogP contribution in [-0.2, 0) is 16.1 Å². The van der Waals surface area contributed by atoms with E-state index < -0.39 is 12.1 Å². The topological polar surface area (TPSA) is 71.1 Å². The molecule has 40 heavy (non-hydrogen) atoms. The Morgan fingerprint density at radius 1 is 0.975 bits per heavy atom. The SMILES string of the molecule is CCOc1cccc2c1OC(C(C)C)C(=O)N(C1CCN(Cc3ccccc3)CC1)C2C(=O)Nc1ccccc1. The Kier molecular flexibility index (Phi) is 8.70. The molecular formula is C33H39N3O4. The zero-order chi connectivity index (χ0) is 28.1. The average Bonchev–Trinajstić information content (AvgIpc) is 3.10. The number of likely N-dealkylation sites (tertiary alicyclic amines) is 1. The van der Waals surface area contributed by atoms with Crippen molar-refractivity contribution in [2.75, 3.05) is 25.0 Å². The Labute approximate surface area is 237 Å². The van der Waals surface area contributed by atoms with E-state index in [9.17, 15) is 9.59 Å². The summed E-state index contributed by atoms with van der Waals surface area (Å²) in [5, 5.41) is 3.07. The highest BCUT2D eigenvalue weighted by atomic mass is 16.5. The molecule has 1 saturated heterocycles. The Balaban J connectivity index is 1.50. The first-order chi connectivity index (χ1) is 19.5. The van der Waals surface area contributed by atoms with Crippen LogP contribution in [0.1, 0.15) is 50.8 Å². The number of piperidine rings is 1. The summed E-state index contributed by atoms with van der Waals surface area (Å²) >= 11 is 0. The number of fused-ring (bicyclic) bond motifs is 1. The molecule has 2 aliphatic heterocycles. The predicted octanol–water partition coefficient (Wildman–Crippen LogP) is 5.68. The van der Waals surface area contributed by atoms with Crippen LogP contribution in [0.2, 0.25) is 0 Å². The summed E-state index contributed by atoms with van der Waals surface area (Å²) in [6.45, 7) is 8.89. The van der Waals surface area contributed by atoms with Crippen molar-refractivity contribution in [1.29, 1.82) is 0 Å². The Bertz CT molecular complexity index is 1290. The van der Waals surface area contributed by atoms with E-state index in [4.69, 9.17) is 9.47 Å². The number of anilines is 1. The van der Waals surface area contributed by atoms with Gasteiger partial charge in [0.05, 0.1) is 6.61 Å². The van der Waals surface area contributed by atoms with Gasteiger partial charge in [-0.3, -0.25) is 14.5 Å². The third-order valence-electron chi connectivity index (χ3n) is 7.72. The van der Waals surface area contributed by atoms with Gasteiger partial charge in [-0.2, -0.15) is 0 Å². The van der Waals surface area contributed by atoms with Crippen LogP contribution in [0.4, 0.5) is 5.69 Å². The molecule has 5 rings (SSSR count). The number of rotatable bonds is 8. The highest BCUT2D eigenvalue weighted by molar-refractivity contribution is 5.99.